The van der Waals surface area contributed by atoms with E-state index in [9.17, 15) is 14.0 Å². The molecule has 2 heterocycles. The van der Waals surface area contributed by atoms with E-state index in [0.717, 1.165) is 0 Å². The first-order chi connectivity index (χ1) is 11.0. The first-order valence-corrected chi connectivity index (χ1v) is 7.37. The summed E-state index contributed by atoms with van der Waals surface area (Å²) in [7, 11) is 0. The first-order valence-electron chi connectivity index (χ1n) is 7.37. The van der Waals surface area contributed by atoms with Crippen LogP contribution in [0.5, 0.6) is 0 Å². The number of rotatable bonds is 4. The number of aromatic nitrogens is 2. The Bertz CT molecular complexity index is 726. The van der Waals surface area contributed by atoms with E-state index >= 15 is 0 Å². The molecule has 1 saturated heterocycles. The third-order valence-electron chi connectivity index (χ3n) is 3.93. The molecule has 0 radical (unpaired) electrons. The summed E-state index contributed by atoms with van der Waals surface area (Å²) >= 11 is 0. The quantitative estimate of drug-likeness (QED) is 0.930. The van der Waals surface area contributed by atoms with Gasteiger partial charge in [-0.15, -0.1) is 0 Å². The molecule has 0 spiro atoms. The molecule has 0 bridgehead atoms. The number of carbonyl (C=O) groups excluding carboxylic acids is 1. The molecule has 1 aliphatic rings. The molecule has 0 saturated carbocycles. The van der Waals surface area contributed by atoms with Gasteiger partial charge in [0.15, 0.2) is 0 Å². The highest BCUT2D eigenvalue weighted by atomic mass is 19.1. The second kappa shape index (κ2) is 6.20. The smallest absolute Gasteiger partial charge is 0.326 e. The molecular formula is C16H16FN3O3. The van der Waals surface area contributed by atoms with Crippen molar-refractivity contribution in [1.29, 1.82) is 0 Å². The summed E-state index contributed by atoms with van der Waals surface area (Å²) < 4.78 is 14.5. The number of carbonyl (C=O) groups is 2. The predicted molar refractivity (Wildman–Crippen MR) is 79.6 cm³/mol. The van der Waals surface area contributed by atoms with Crippen LogP contribution in [0.1, 0.15) is 18.5 Å². The monoisotopic (exact) mass is 317 g/mol. The number of amides is 1. The van der Waals surface area contributed by atoms with Crippen LogP contribution in [0, 0.1) is 5.82 Å². The Labute approximate surface area is 132 Å². The Balaban J connectivity index is 1.70. The average Bonchev–Trinajstić information content (AvgIpc) is 3.16. The van der Waals surface area contributed by atoms with Crippen LogP contribution < -0.4 is 0 Å². The number of likely N-dealkylation sites (tertiary alicyclic amines) is 1. The Morgan fingerprint density at radius 1 is 1.26 bits per heavy atom. The van der Waals surface area contributed by atoms with Crippen LogP contribution >= 0.6 is 0 Å². The highest BCUT2D eigenvalue weighted by Crippen LogP contribution is 2.19. The lowest BCUT2D eigenvalue weighted by Gasteiger charge is -2.20. The number of nitrogens with zero attached hydrogens (tertiary/aromatic N) is 3. The van der Waals surface area contributed by atoms with E-state index in [2.05, 4.69) is 5.10 Å². The molecular weight excluding hydrogens is 301 g/mol. The number of hydrogen-bond acceptors (Lipinski definition) is 3. The number of aliphatic carboxylic acids is 1. The van der Waals surface area contributed by atoms with Crippen molar-refractivity contribution in [2.45, 2.75) is 25.3 Å². The highest BCUT2D eigenvalue weighted by Gasteiger charge is 2.33. The summed E-state index contributed by atoms with van der Waals surface area (Å²) in [5.41, 5.74) is 1.24. The van der Waals surface area contributed by atoms with Crippen molar-refractivity contribution < 1.29 is 19.1 Å². The van der Waals surface area contributed by atoms with Crippen LogP contribution in [0.25, 0.3) is 5.69 Å². The highest BCUT2D eigenvalue weighted by molar-refractivity contribution is 5.85. The number of carboxylic acids is 1. The van der Waals surface area contributed by atoms with Gasteiger partial charge in [0.25, 0.3) is 0 Å². The minimum absolute atomic E-state index is 0.0535. The van der Waals surface area contributed by atoms with E-state index in [-0.39, 0.29) is 18.1 Å². The maximum atomic E-state index is 12.9. The molecule has 23 heavy (non-hydrogen) atoms. The Morgan fingerprint density at radius 3 is 2.70 bits per heavy atom. The summed E-state index contributed by atoms with van der Waals surface area (Å²) in [4.78, 5) is 24.8. The van der Waals surface area contributed by atoms with Gasteiger partial charge in [0, 0.05) is 12.7 Å². The van der Waals surface area contributed by atoms with Gasteiger partial charge in [-0.25, -0.2) is 13.9 Å². The molecule has 1 N–H and O–H groups in total. The van der Waals surface area contributed by atoms with E-state index in [1.807, 2.05) is 0 Å². The normalized spacial score (nSPS) is 17.4. The van der Waals surface area contributed by atoms with Crippen molar-refractivity contribution in [2.24, 2.45) is 0 Å². The lowest BCUT2D eigenvalue weighted by molar-refractivity contribution is -0.148. The van der Waals surface area contributed by atoms with Crippen molar-refractivity contribution in [1.82, 2.24) is 14.7 Å². The number of benzene rings is 1. The lowest BCUT2D eigenvalue weighted by Crippen LogP contribution is -2.41. The van der Waals surface area contributed by atoms with Crippen LogP contribution in [0.15, 0.2) is 36.5 Å². The molecule has 0 aliphatic carbocycles. The van der Waals surface area contributed by atoms with Crippen LogP contribution in [-0.4, -0.2) is 44.3 Å². The molecule has 1 fully saturated rings. The maximum absolute atomic E-state index is 12.9. The summed E-state index contributed by atoms with van der Waals surface area (Å²) in [5, 5.41) is 13.4. The van der Waals surface area contributed by atoms with Crippen molar-refractivity contribution in [3.8, 4) is 5.69 Å². The molecule has 1 aromatic heterocycles. The summed E-state index contributed by atoms with van der Waals surface area (Å²) in [6.45, 7) is 0.467. The molecule has 1 aromatic carbocycles. The van der Waals surface area contributed by atoms with Crippen LogP contribution in [-0.2, 0) is 16.0 Å². The number of halogens is 1. The number of hydrogen-bond donors (Lipinski definition) is 1. The van der Waals surface area contributed by atoms with Gasteiger partial charge in [-0.1, -0.05) is 0 Å². The Morgan fingerprint density at radius 2 is 2.00 bits per heavy atom. The zero-order chi connectivity index (χ0) is 16.4. The molecule has 0 unspecified atom stereocenters. The molecule has 2 aromatic rings. The summed E-state index contributed by atoms with van der Waals surface area (Å²) in [6, 6.07) is 6.82. The van der Waals surface area contributed by atoms with Crippen molar-refractivity contribution in [3.05, 3.63) is 48.0 Å². The van der Waals surface area contributed by atoms with Crippen molar-refractivity contribution in [2.75, 3.05) is 6.54 Å². The van der Waals surface area contributed by atoms with E-state index in [4.69, 9.17) is 5.11 Å². The van der Waals surface area contributed by atoms with Gasteiger partial charge in [-0.3, -0.25) is 4.79 Å². The first kappa shape index (κ1) is 15.2. The standard InChI is InChI=1S/C16H16FN3O3/c17-11-3-5-13(6-4-11)20-9-7-12(18-20)10-15(21)19-8-1-2-14(19)16(22)23/h3-7,9,14H,1-2,8,10H2,(H,22,23)/t14-/m0/s1. The van der Waals surface area contributed by atoms with Gasteiger partial charge in [0.2, 0.25) is 5.91 Å². The second-order valence-electron chi connectivity index (χ2n) is 5.49. The van der Waals surface area contributed by atoms with E-state index in [1.54, 1.807) is 29.1 Å². The molecule has 1 aliphatic heterocycles. The van der Waals surface area contributed by atoms with Gasteiger partial charge in [0.05, 0.1) is 17.8 Å². The van der Waals surface area contributed by atoms with Gasteiger partial charge < -0.3 is 10.0 Å². The van der Waals surface area contributed by atoms with E-state index in [1.165, 1.54) is 17.0 Å². The minimum atomic E-state index is -0.965. The van der Waals surface area contributed by atoms with E-state index < -0.39 is 12.0 Å². The third kappa shape index (κ3) is 3.23. The molecule has 3 rings (SSSR count). The second-order valence-corrected chi connectivity index (χ2v) is 5.49. The fourth-order valence-electron chi connectivity index (χ4n) is 2.77. The zero-order valence-electron chi connectivity index (χ0n) is 12.4. The topological polar surface area (TPSA) is 75.4 Å². The minimum Gasteiger partial charge on any atom is -0.480 e. The van der Waals surface area contributed by atoms with Gasteiger partial charge in [-0.2, -0.15) is 5.10 Å². The van der Waals surface area contributed by atoms with Gasteiger partial charge in [0.1, 0.15) is 11.9 Å². The number of carboxylic acid groups (broad SMARTS) is 1. The molecule has 7 heteroatoms. The maximum Gasteiger partial charge on any atom is 0.326 e. The molecule has 6 nitrogen and oxygen atoms in total. The molecule has 1 atom stereocenters. The van der Waals surface area contributed by atoms with Gasteiger partial charge in [-0.05, 0) is 43.2 Å². The fraction of sp³-hybridized carbons (Fsp3) is 0.312. The molecule has 1 amide bonds. The largest absolute Gasteiger partial charge is 0.480 e. The zero-order valence-corrected chi connectivity index (χ0v) is 12.4. The fourth-order valence-corrected chi connectivity index (χ4v) is 2.77. The van der Waals surface area contributed by atoms with Crippen LogP contribution in [0.3, 0.4) is 0 Å². The average molecular weight is 317 g/mol. The summed E-state index contributed by atoms with van der Waals surface area (Å²) in [6.07, 6.45) is 2.93. The van der Waals surface area contributed by atoms with Crippen molar-refractivity contribution >= 4 is 11.9 Å². The third-order valence-corrected chi connectivity index (χ3v) is 3.93. The lowest BCUT2D eigenvalue weighted by atomic mass is 10.2. The van der Waals surface area contributed by atoms with E-state index in [0.29, 0.717) is 30.8 Å². The van der Waals surface area contributed by atoms with Crippen LogP contribution in [0.2, 0.25) is 0 Å². The predicted octanol–water partition coefficient (Wildman–Crippen LogP) is 1.63. The SMILES string of the molecule is O=C(O)[C@@H]1CCCN1C(=O)Cc1ccn(-c2ccc(F)cc2)n1. The van der Waals surface area contributed by atoms with Crippen molar-refractivity contribution in [3.63, 3.8) is 0 Å². The summed E-state index contributed by atoms with van der Waals surface area (Å²) in [5.74, 6) is -1.53. The Hall–Kier alpha value is -2.70. The van der Waals surface area contributed by atoms with Gasteiger partial charge >= 0.3 is 5.97 Å². The van der Waals surface area contributed by atoms with Crippen LogP contribution in [0.4, 0.5) is 4.39 Å². The Kier molecular flexibility index (Phi) is 4.10. The molecule has 120 valence electrons.